The summed E-state index contributed by atoms with van der Waals surface area (Å²) in [4.78, 5) is 0. The van der Waals surface area contributed by atoms with Gasteiger partial charge in [0, 0.05) is 5.56 Å². The second-order valence-electron chi connectivity index (χ2n) is 4.62. The van der Waals surface area contributed by atoms with E-state index in [-0.39, 0.29) is 17.7 Å². The van der Waals surface area contributed by atoms with E-state index in [1.165, 1.54) is 18.2 Å². The van der Waals surface area contributed by atoms with Gasteiger partial charge in [-0.3, -0.25) is 0 Å². The van der Waals surface area contributed by atoms with Crippen molar-refractivity contribution in [1.29, 1.82) is 0 Å². The molecule has 0 heterocycles. The van der Waals surface area contributed by atoms with Gasteiger partial charge in [-0.15, -0.1) is 0 Å². The Hall–Kier alpha value is -1.94. The van der Waals surface area contributed by atoms with Crippen molar-refractivity contribution in [1.82, 2.24) is 5.32 Å². The van der Waals surface area contributed by atoms with Crippen LogP contribution in [0.25, 0.3) is 0 Å². The maximum Gasteiger partial charge on any atom is 0.126 e. The highest BCUT2D eigenvalue weighted by Gasteiger charge is 2.18. The lowest BCUT2D eigenvalue weighted by Gasteiger charge is -2.20. The predicted octanol–water partition coefficient (Wildman–Crippen LogP) is 3.59. The van der Waals surface area contributed by atoms with Gasteiger partial charge in [0.05, 0.1) is 13.2 Å². The van der Waals surface area contributed by atoms with E-state index in [1.807, 2.05) is 0 Å². The maximum absolute atomic E-state index is 13.5. The lowest BCUT2D eigenvalue weighted by molar-refractivity contribution is 0.404. The summed E-state index contributed by atoms with van der Waals surface area (Å²) in [6.45, 7) is 1.70. The van der Waals surface area contributed by atoms with E-state index in [0.717, 1.165) is 5.56 Å². The molecule has 0 aliphatic heterocycles. The van der Waals surface area contributed by atoms with Crippen molar-refractivity contribution in [3.8, 4) is 5.75 Å². The highest BCUT2D eigenvalue weighted by molar-refractivity contribution is 5.42. The number of rotatable bonds is 4. The molecule has 1 atom stereocenters. The monoisotopic (exact) mass is 277 g/mol. The number of nitrogens with one attached hydrogen (secondary N) is 1. The molecule has 0 amide bonds. The molecule has 0 saturated heterocycles. The minimum Gasteiger partial charge on any atom is -0.496 e. The zero-order valence-corrected chi connectivity index (χ0v) is 11.7. The van der Waals surface area contributed by atoms with E-state index in [0.29, 0.717) is 16.9 Å². The summed E-state index contributed by atoms with van der Waals surface area (Å²) in [6, 6.07) is 8.96. The van der Waals surface area contributed by atoms with Crippen LogP contribution in [0.5, 0.6) is 5.75 Å². The number of hydrogen-bond donors (Lipinski definition) is 1. The molecular weight excluding hydrogens is 260 g/mol. The molecule has 0 saturated carbocycles. The molecule has 0 aliphatic carbocycles. The largest absolute Gasteiger partial charge is 0.496 e. The number of ether oxygens (including phenoxy) is 1. The van der Waals surface area contributed by atoms with Gasteiger partial charge in [-0.1, -0.05) is 12.1 Å². The first-order chi connectivity index (χ1) is 9.56. The Morgan fingerprint density at radius 3 is 2.45 bits per heavy atom. The van der Waals surface area contributed by atoms with Gasteiger partial charge < -0.3 is 10.1 Å². The van der Waals surface area contributed by atoms with Crippen LogP contribution in [0.3, 0.4) is 0 Å². The standard InChI is InChI=1S/C16H17F2NO/c1-10-8-11(4-6-14(10)18)16(19-2)13-9-12(17)5-7-15(13)20-3/h4-9,16,19H,1-3H3. The first-order valence-electron chi connectivity index (χ1n) is 6.33. The minimum absolute atomic E-state index is 0.255. The molecule has 1 N–H and O–H groups in total. The van der Waals surface area contributed by atoms with Gasteiger partial charge in [0.2, 0.25) is 0 Å². The maximum atomic E-state index is 13.5. The van der Waals surface area contributed by atoms with E-state index in [9.17, 15) is 8.78 Å². The molecule has 20 heavy (non-hydrogen) atoms. The molecule has 0 fully saturated rings. The van der Waals surface area contributed by atoms with Crippen LogP contribution in [0.1, 0.15) is 22.7 Å². The average Bonchev–Trinajstić information content (AvgIpc) is 2.44. The fourth-order valence-corrected chi connectivity index (χ4v) is 2.28. The van der Waals surface area contributed by atoms with Crippen molar-refractivity contribution in [3.63, 3.8) is 0 Å². The molecule has 2 aromatic rings. The molecule has 106 valence electrons. The van der Waals surface area contributed by atoms with Crippen LogP contribution < -0.4 is 10.1 Å². The van der Waals surface area contributed by atoms with Gasteiger partial charge in [0.15, 0.2) is 0 Å². The topological polar surface area (TPSA) is 21.3 Å². The van der Waals surface area contributed by atoms with E-state index in [1.54, 1.807) is 39.3 Å². The summed E-state index contributed by atoms with van der Waals surface area (Å²) in [5, 5.41) is 3.11. The number of halogens is 2. The second-order valence-corrected chi connectivity index (χ2v) is 4.62. The van der Waals surface area contributed by atoms with Crippen molar-refractivity contribution in [3.05, 3.63) is 64.7 Å². The van der Waals surface area contributed by atoms with E-state index < -0.39 is 0 Å². The smallest absolute Gasteiger partial charge is 0.126 e. The Bertz CT molecular complexity index is 613. The van der Waals surface area contributed by atoms with Crippen molar-refractivity contribution in [2.24, 2.45) is 0 Å². The van der Waals surface area contributed by atoms with Crippen LogP contribution in [-0.4, -0.2) is 14.2 Å². The SMILES string of the molecule is CNC(c1ccc(F)c(C)c1)c1cc(F)ccc1OC. The highest BCUT2D eigenvalue weighted by atomic mass is 19.1. The lowest BCUT2D eigenvalue weighted by Crippen LogP contribution is -2.19. The third-order valence-corrected chi connectivity index (χ3v) is 3.31. The summed E-state index contributed by atoms with van der Waals surface area (Å²) in [6.07, 6.45) is 0. The molecule has 0 bridgehead atoms. The molecule has 0 spiro atoms. The molecule has 4 heteroatoms. The molecular formula is C16H17F2NO. The Kier molecular flexibility index (Phi) is 4.35. The summed E-state index contributed by atoms with van der Waals surface area (Å²) in [5.41, 5.74) is 2.09. The van der Waals surface area contributed by atoms with Crippen LogP contribution in [-0.2, 0) is 0 Å². The zero-order valence-electron chi connectivity index (χ0n) is 11.7. The third-order valence-electron chi connectivity index (χ3n) is 3.31. The molecule has 0 radical (unpaired) electrons. The van der Waals surface area contributed by atoms with Crippen molar-refractivity contribution in [2.45, 2.75) is 13.0 Å². The second kappa shape index (κ2) is 6.01. The van der Waals surface area contributed by atoms with Gasteiger partial charge >= 0.3 is 0 Å². The summed E-state index contributed by atoms with van der Waals surface area (Å²) >= 11 is 0. The summed E-state index contributed by atoms with van der Waals surface area (Å²) in [7, 11) is 3.31. The van der Waals surface area contributed by atoms with Gasteiger partial charge in [-0.05, 0) is 49.4 Å². The molecule has 2 nitrogen and oxygen atoms in total. The van der Waals surface area contributed by atoms with E-state index in [2.05, 4.69) is 5.32 Å². The highest BCUT2D eigenvalue weighted by Crippen LogP contribution is 2.31. The van der Waals surface area contributed by atoms with Crippen LogP contribution in [0, 0.1) is 18.6 Å². The van der Waals surface area contributed by atoms with Gasteiger partial charge in [0.1, 0.15) is 17.4 Å². The zero-order chi connectivity index (χ0) is 14.7. The Labute approximate surface area is 117 Å². The normalized spacial score (nSPS) is 12.2. The Balaban J connectivity index is 2.51. The van der Waals surface area contributed by atoms with Crippen molar-refractivity contribution in [2.75, 3.05) is 14.2 Å². The Morgan fingerprint density at radius 2 is 1.85 bits per heavy atom. The summed E-state index contributed by atoms with van der Waals surface area (Å²) < 4.78 is 32.1. The molecule has 0 aromatic heterocycles. The molecule has 2 aromatic carbocycles. The molecule has 1 unspecified atom stereocenters. The van der Waals surface area contributed by atoms with E-state index >= 15 is 0 Å². The average molecular weight is 277 g/mol. The summed E-state index contributed by atoms with van der Waals surface area (Å²) in [5.74, 6) is 0.00224. The van der Waals surface area contributed by atoms with Gasteiger partial charge in [-0.25, -0.2) is 8.78 Å². The van der Waals surface area contributed by atoms with Crippen LogP contribution in [0.2, 0.25) is 0 Å². The quantitative estimate of drug-likeness (QED) is 0.922. The van der Waals surface area contributed by atoms with E-state index in [4.69, 9.17) is 4.74 Å². The minimum atomic E-state index is -0.333. The van der Waals surface area contributed by atoms with Gasteiger partial charge in [0.25, 0.3) is 0 Å². The third kappa shape index (κ3) is 2.80. The predicted molar refractivity (Wildman–Crippen MR) is 75.0 cm³/mol. The Morgan fingerprint density at radius 1 is 1.10 bits per heavy atom. The lowest BCUT2D eigenvalue weighted by atomic mass is 9.96. The van der Waals surface area contributed by atoms with Crippen molar-refractivity contribution >= 4 is 0 Å². The first kappa shape index (κ1) is 14.5. The number of benzene rings is 2. The number of aryl methyl sites for hydroxylation is 1. The van der Waals surface area contributed by atoms with Crippen molar-refractivity contribution < 1.29 is 13.5 Å². The number of hydrogen-bond acceptors (Lipinski definition) is 2. The molecule has 0 aliphatic rings. The van der Waals surface area contributed by atoms with Crippen LogP contribution in [0.15, 0.2) is 36.4 Å². The fourth-order valence-electron chi connectivity index (χ4n) is 2.28. The first-order valence-corrected chi connectivity index (χ1v) is 6.33. The molecule has 2 rings (SSSR count). The van der Waals surface area contributed by atoms with Gasteiger partial charge in [-0.2, -0.15) is 0 Å². The number of methoxy groups -OCH3 is 1. The van der Waals surface area contributed by atoms with Crippen LogP contribution in [0.4, 0.5) is 8.78 Å². The fraction of sp³-hybridized carbons (Fsp3) is 0.250. The van der Waals surface area contributed by atoms with Crippen LogP contribution >= 0.6 is 0 Å².